The van der Waals surface area contributed by atoms with E-state index >= 15 is 0 Å². The minimum absolute atomic E-state index is 0.296. The van der Waals surface area contributed by atoms with Crippen LogP contribution in [0, 0.1) is 11.2 Å². The van der Waals surface area contributed by atoms with Crippen molar-refractivity contribution >= 4 is 10.0 Å². The van der Waals surface area contributed by atoms with E-state index in [0.717, 1.165) is 19.3 Å². The van der Waals surface area contributed by atoms with Gasteiger partial charge in [-0.1, -0.05) is 11.2 Å². The van der Waals surface area contributed by atoms with Crippen molar-refractivity contribution in [1.82, 2.24) is 0 Å². The van der Waals surface area contributed by atoms with Gasteiger partial charge in [0.1, 0.15) is 0 Å². The zero-order chi connectivity index (χ0) is 8.74. The van der Waals surface area contributed by atoms with Crippen molar-refractivity contribution in [1.29, 1.82) is 0 Å². The predicted molar refractivity (Wildman–Crippen MR) is 54.1 cm³/mol. The zero-order valence-electron chi connectivity index (χ0n) is 7.68. The molecule has 0 heterocycles. The lowest BCUT2D eigenvalue weighted by atomic mass is 10.2. The second kappa shape index (κ2) is 5.51. The van der Waals surface area contributed by atoms with Gasteiger partial charge in [-0.05, 0) is 31.6 Å². The van der Waals surface area contributed by atoms with Gasteiger partial charge in [-0.25, -0.2) is 0 Å². The number of aliphatic hydroxyl groups excluding tert-OH is 1. The van der Waals surface area contributed by atoms with Gasteiger partial charge in [0.05, 0.1) is 0 Å². The highest BCUT2D eigenvalue weighted by molar-refractivity contribution is 8.35. The van der Waals surface area contributed by atoms with Gasteiger partial charge in [0.15, 0.2) is 0 Å². The van der Waals surface area contributed by atoms with Crippen molar-refractivity contribution in [3.05, 3.63) is 0 Å². The average Bonchev–Trinajstić information content (AvgIpc) is 1.85. The standard InChI is InChI=1S/C9H18OS/c1-11(2,3)9-7-5-4-6-8-10/h10H,4-6,8H2,1-3H3. The summed E-state index contributed by atoms with van der Waals surface area (Å²) < 4.78 is 0. The molecule has 0 rings (SSSR count). The molecule has 0 aliphatic carbocycles. The highest BCUT2D eigenvalue weighted by Crippen LogP contribution is 2.32. The van der Waals surface area contributed by atoms with Crippen LogP contribution >= 0.6 is 10.0 Å². The summed E-state index contributed by atoms with van der Waals surface area (Å²) in [7, 11) is -0.635. The lowest BCUT2D eigenvalue weighted by molar-refractivity contribution is 0.285. The third kappa shape index (κ3) is 9.87. The second-order valence-electron chi connectivity index (χ2n) is 3.30. The Balaban J connectivity index is 3.41. The average molecular weight is 174 g/mol. The van der Waals surface area contributed by atoms with Crippen molar-refractivity contribution < 1.29 is 5.11 Å². The molecule has 0 aromatic rings. The molecule has 66 valence electrons. The molecule has 0 spiro atoms. The molecular weight excluding hydrogens is 156 g/mol. The number of hydrogen-bond donors (Lipinski definition) is 1. The molecule has 0 unspecified atom stereocenters. The molecular formula is C9H18OS. The van der Waals surface area contributed by atoms with Crippen LogP contribution in [0.4, 0.5) is 0 Å². The summed E-state index contributed by atoms with van der Waals surface area (Å²) in [5, 5.41) is 11.7. The topological polar surface area (TPSA) is 20.2 Å². The molecule has 0 aliphatic rings. The molecule has 0 saturated heterocycles. The third-order valence-corrected chi connectivity index (χ3v) is 1.84. The van der Waals surface area contributed by atoms with E-state index < -0.39 is 10.0 Å². The van der Waals surface area contributed by atoms with E-state index in [4.69, 9.17) is 5.11 Å². The summed E-state index contributed by atoms with van der Waals surface area (Å²) in [4.78, 5) is 0. The highest BCUT2D eigenvalue weighted by Gasteiger charge is 1.94. The Kier molecular flexibility index (Phi) is 5.45. The van der Waals surface area contributed by atoms with Gasteiger partial charge in [-0.2, -0.15) is 10.0 Å². The minimum atomic E-state index is -0.635. The lowest BCUT2D eigenvalue weighted by Crippen LogP contribution is -1.85. The molecule has 0 aromatic carbocycles. The van der Waals surface area contributed by atoms with Gasteiger partial charge in [-0.3, -0.25) is 0 Å². The molecule has 0 atom stereocenters. The van der Waals surface area contributed by atoms with Crippen LogP contribution in [-0.4, -0.2) is 30.5 Å². The summed E-state index contributed by atoms with van der Waals surface area (Å²) in [5.74, 6) is 3.14. The monoisotopic (exact) mass is 174 g/mol. The first-order valence-electron chi connectivity index (χ1n) is 3.85. The first-order valence-corrected chi connectivity index (χ1v) is 6.71. The lowest BCUT2D eigenvalue weighted by Gasteiger charge is -2.14. The predicted octanol–water partition coefficient (Wildman–Crippen LogP) is 1.80. The maximum Gasteiger partial charge on any atom is 0.0431 e. The van der Waals surface area contributed by atoms with Crippen LogP contribution in [0.1, 0.15) is 19.3 Å². The van der Waals surface area contributed by atoms with Crippen LogP contribution < -0.4 is 0 Å². The van der Waals surface area contributed by atoms with Crippen molar-refractivity contribution in [3.8, 4) is 11.2 Å². The van der Waals surface area contributed by atoms with Crippen LogP contribution in [-0.2, 0) is 0 Å². The van der Waals surface area contributed by atoms with E-state index in [1.54, 1.807) is 0 Å². The Hall–Kier alpha value is -0.130. The zero-order valence-corrected chi connectivity index (χ0v) is 8.50. The van der Waals surface area contributed by atoms with Gasteiger partial charge in [0.2, 0.25) is 0 Å². The SMILES string of the molecule is CS(C)(C)C#CCCCCO. The molecule has 11 heavy (non-hydrogen) atoms. The molecule has 1 nitrogen and oxygen atoms in total. The van der Waals surface area contributed by atoms with E-state index in [9.17, 15) is 0 Å². The molecule has 0 fully saturated rings. The first-order chi connectivity index (χ1) is 5.06. The van der Waals surface area contributed by atoms with E-state index in [2.05, 4.69) is 29.9 Å². The Labute approximate surface area is 71.5 Å². The smallest absolute Gasteiger partial charge is 0.0431 e. The molecule has 0 amide bonds. The van der Waals surface area contributed by atoms with Crippen LogP contribution in [0.3, 0.4) is 0 Å². The quantitative estimate of drug-likeness (QED) is 0.511. The number of hydrogen-bond acceptors (Lipinski definition) is 1. The van der Waals surface area contributed by atoms with Gasteiger partial charge >= 0.3 is 0 Å². The Bertz CT molecular complexity index is 147. The molecule has 0 saturated carbocycles. The van der Waals surface area contributed by atoms with Crippen molar-refractivity contribution in [2.75, 3.05) is 25.4 Å². The normalized spacial score (nSPS) is 12.0. The van der Waals surface area contributed by atoms with Gasteiger partial charge in [0, 0.05) is 13.0 Å². The summed E-state index contributed by atoms with van der Waals surface area (Å²) in [6, 6.07) is 0. The van der Waals surface area contributed by atoms with E-state index in [0.29, 0.717) is 6.61 Å². The molecule has 0 aromatic heterocycles. The van der Waals surface area contributed by atoms with Crippen molar-refractivity contribution in [2.45, 2.75) is 19.3 Å². The summed E-state index contributed by atoms with van der Waals surface area (Å²) in [6.45, 7) is 0.296. The summed E-state index contributed by atoms with van der Waals surface area (Å²) in [5.41, 5.74) is 0. The second-order valence-corrected chi connectivity index (χ2v) is 7.18. The fraction of sp³-hybridized carbons (Fsp3) is 0.778. The van der Waals surface area contributed by atoms with E-state index in [-0.39, 0.29) is 0 Å². The van der Waals surface area contributed by atoms with Crippen LogP contribution in [0.5, 0.6) is 0 Å². The largest absolute Gasteiger partial charge is 0.396 e. The van der Waals surface area contributed by atoms with Gasteiger partial charge in [-0.15, -0.1) is 0 Å². The number of rotatable bonds is 3. The fourth-order valence-electron chi connectivity index (χ4n) is 0.593. The molecule has 1 N–H and O–H groups in total. The Morgan fingerprint density at radius 1 is 1.18 bits per heavy atom. The van der Waals surface area contributed by atoms with Crippen LogP contribution in [0.2, 0.25) is 0 Å². The number of unbranched alkanes of at least 4 members (excludes halogenated alkanes) is 2. The van der Waals surface area contributed by atoms with E-state index in [1.165, 1.54) is 0 Å². The summed E-state index contributed by atoms with van der Waals surface area (Å²) >= 11 is 0. The number of aliphatic hydroxyl groups is 1. The molecule has 2 heteroatoms. The minimum Gasteiger partial charge on any atom is -0.396 e. The van der Waals surface area contributed by atoms with Crippen LogP contribution in [0.25, 0.3) is 0 Å². The summed E-state index contributed by atoms with van der Waals surface area (Å²) in [6.07, 6.45) is 9.40. The third-order valence-electron chi connectivity index (χ3n) is 1.09. The maximum atomic E-state index is 8.48. The first kappa shape index (κ1) is 10.9. The molecule has 0 aliphatic heterocycles. The fourth-order valence-corrected chi connectivity index (χ4v) is 1.13. The Morgan fingerprint density at radius 3 is 2.27 bits per heavy atom. The molecule has 0 radical (unpaired) electrons. The van der Waals surface area contributed by atoms with Gasteiger partial charge < -0.3 is 5.11 Å². The maximum absolute atomic E-state index is 8.48. The van der Waals surface area contributed by atoms with Gasteiger partial charge in [0.25, 0.3) is 0 Å². The van der Waals surface area contributed by atoms with E-state index in [1.807, 2.05) is 0 Å². The highest BCUT2D eigenvalue weighted by atomic mass is 32.3. The van der Waals surface area contributed by atoms with Crippen molar-refractivity contribution in [2.24, 2.45) is 0 Å². The Morgan fingerprint density at radius 2 is 1.82 bits per heavy atom. The van der Waals surface area contributed by atoms with Crippen LogP contribution in [0.15, 0.2) is 0 Å². The molecule has 0 bridgehead atoms. The van der Waals surface area contributed by atoms with Crippen molar-refractivity contribution in [3.63, 3.8) is 0 Å².